The van der Waals surface area contributed by atoms with Crippen LogP contribution in [0.2, 0.25) is 0 Å². The molecule has 0 fully saturated rings. The molecule has 0 saturated heterocycles. The average molecular weight is 399 g/mol. The highest BCUT2D eigenvalue weighted by atomic mass is 16.2. The molecule has 3 aromatic carbocycles. The first-order valence-corrected chi connectivity index (χ1v) is 10.2. The second-order valence-electron chi connectivity index (χ2n) is 7.50. The third-order valence-corrected chi connectivity index (χ3v) is 5.41. The van der Waals surface area contributed by atoms with Crippen molar-refractivity contribution in [3.8, 4) is 0 Å². The van der Waals surface area contributed by atoms with Gasteiger partial charge in [0.15, 0.2) is 0 Å². The molecule has 0 saturated carbocycles. The van der Waals surface area contributed by atoms with Crippen molar-refractivity contribution in [2.75, 3.05) is 23.3 Å². The Labute approximate surface area is 176 Å². The van der Waals surface area contributed by atoms with Gasteiger partial charge in [-0.1, -0.05) is 60.7 Å². The summed E-state index contributed by atoms with van der Waals surface area (Å²) in [5.74, 6) is -0.350. The minimum Gasteiger partial charge on any atom is -0.362 e. The monoisotopic (exact) mass is 399 g/mol. The molecular weight excluding hydrogens is 374 g/mol. The van der Waals surface area contributed by atoms with Crippen LogP contribution < -0.4 is 15.5 Å². The summed E-state index contributed by atoms with van der Waals surface area (Å²) in [6.07, 6.45) is 0.944. The third kappa shape index (κ3) is 4.35. The van der Waals surface area contributed by atoms with Crippen molar-refractivity contribution in [3.63, 3.8) is 0 Å². The van der Waals surface area contributed by atoms with E-state index in [1.165, 1.54) is 5.56 Å². The maximum absolute atomic E-state index is 12.9. The van der Waals surface area contributed by atoms with E-state index in [1.807, 2.05) is 61.5 Å². The summed E-state index contributed by atoms with van der Waals surface area (Å²) in [5, 5.41) is 5.93. The Kier molecular flexibility index (Phi) is 5.80. The zero-order chi connectivity index (χ0) is 20.9. The van der Waals surface area contributed by atoms with Gasteiger partial charge in [0.25, 0.3) is 5.91 Å². The van der Waals surface area contributed by atoms with Crippen molar-refractivity contribution in [1.82, 2.24) is 5.32 Å². The van der Waals surface area contributed by atoms with Gasteiger partial charge in [0.05, 0.1) is 23.8 Å². The zero-order valence-corrected chi connectivity index (χ0v) is 17.0. The lowest BCUT2D eigenvalue weighted by Gasteiger charge is -2.20. The molecule has 30 heavy (non-hydrogen) atoms. The molecule has 0 bridgehead atoms. The summed E-state index contributed by atoms with van der Waals surface area (Å²) in [7, 11) is 0. The van der Waals surface area contributed by atoms with E-state index in [4.69, 9.17) is 0 Å². The van der Waals surface area contributed by atoms with E-state index in [1.54, 1.807) is 18.2 Å². The Morgan fingerprint density at radius 2 is 1.63 bits per heavy atom. The van der Waals surface area contributed by atoms with Gasteiger partial charge in [-0.3, -0.25) is 9.59 Å². The normalized spacial score (nSPS) is 13.4. The molecule has 1 atom stereocenters. The van der Waals surface area contributed by atoms with Crippen molar-refractivity contribution in [2.24, 2.45) is 0 Å². The van der Waals surface area contributed by atoms with E-state index in [0.717, 1.165) is 24.2 Å². The van der Waals surface area contributed by atoms with Crippen LogP contribution in [0.4, 0.5) is 11.4 Å². The summed E-state index contributed by atoms with van der Waals surface area (Å²) in [6, 6.07) is 24.9. The SMILES string of the molecule is C[C@H](NC(=O)c1ccccc1NC(=O)CN1CCc2ccccc21)c1ccccc1. The molecule has 0 aliphatic carbocycles. The van der Waals surface area contributed by atoms with Gasteiger partial charge in [-0.2, -0.15) is 0 Å². The number of fused-ring (bicyclic) bond motifs is 1. The van der Waals surface area contributed by atoms with Crippen LogP contribution in [0, 0.1) is 0 Å². The van der Waals surface area contributed by atoms with Crippen LogP contribution >= 0.6 is 0 Å². The first kappa shape index (κ1) is 19.7. The number of hydrogen-bond acceptors (Lipinski definition) is 3. The largest absolute Gasteiger partial charge is 0.362 e. The van der Waals surface area contributed by atoms with Crippen LogP contribution in [0.25, 0.3) is 0 Å². The Bertz CT molecular complexity index is 1050. The minimum absolute atomic E-state index is 0.136. The average Bonchev–Trinajstić information content (AvgIpc) is 3.17. The summed E-state index contributed by atoms with van der Waals surface area (Å²) in [5.41, 5.74) is 4.37. The van der Waals surface area contributed by atoms with Crippen LogP contribution in [0.1, 0.15) is 34.5 Å². The van der Waals surface area contributed by atoms with Crippen LogP contribution in [0.3, 0.4) is 0 Å². The van der Waals surface area contributed by atoms with Crippen molar-refractivity contribution >= 4 is 23.2 Å². The highest BCUT2D eigenvalue weighted by molar-refractivity contribution is 6.04. The van der Waals surface area contributed by atoms with Crippen LogP contribution in [-0.4, -0.2) is 24.9 Å². The molecule has 5 nitrogen and oxygen atoms in total. The molecule has 4 rings (SSSR count). The van der Waals surface area contributed by atoms with E-state index in [9.17, 15) is 9.59 Å². The summed E-state index contributed by atoms with van der Waals surface area (Å²) in [6.45, 7) is 3.02. The molecule has 3 aromatic rings. The maximum atomic E-state index is 12.9. The number of hydrogen-bond donors (Lipinski definition) is 2. The van der Waals surface area contributed by atoms with Crippen LogP contribution in [-0.2, 0) is 11.2 Å². The molecule has 152 valence electrons. The first-order chi connectivity index (χ1) is 14.6. The first-order valence-electron chi connectivity index (χ1n) is 10.2. The molecule has 0 aromatic heterocycles. The number of para-hydroxylation sites is 2. The van der Waals surface area contributed by atoms with Gasteiger partial charge in [-0.25, -0.2) is 0 Å². The van der Waals surface area contributed by atoms with E-state index in [2.05, 4.69) is 21.6 Å². The van der Waals surface area contributed by atoms with Gasteiger partial charge in [0.2, 0.25) is 5.91 Å². The molecule has 1 aliphatic heterocycles. The number of benzene rings is 3. The van der Waals surface area contributed by atoms with Gasteiger partial charge < -0.3 is 15.5 Å². The number of amides is 2. The van der Waals surface area contributed by atoms with E-state index < -0.39 is 0 Å². The summed E-state index contributed by atoms with van der Waals surface area (Å²) < 4.78 is 0. The fourth-order valence-corrected chi connectivity index (χ4v) is 3.82. The fraction of sp³-hybridized carbons (Fsp3) is 0.200. The smallest absolute Gasteiger partial charge is 0.253 e. The Balaban J connectivity index is 1.43. The van der Waals surface area contributed by atoms with E-state index in [-0.39, 0.29) is 24.4 Å². The number of rotatable bonds is 6. The molecule has 1 aliphatic rings. The Morgan fingerprint density at radius 1 is 0.933 bits per heavy atom. The number of anilines is 2. The second kappa shape index (κ2) is 8.82. The van der Waals surface area contributed by atoms with Gasteiger partial charge in [0.1, 0.15) is 0 Å². The summed E-state index contributed by atoms with van der Waals surface area (Å²) >= 11 is 0. The summed E-state index contributed by atoms with van der Waals surface area (Å²) in [4.78, 5) is 27.7. The second-order valence-corrected chi connectivity index (χ2v) is 7.50. The lowest BCUT2D eigenvalue weighted by atomic mass is 10.1. The molecule has 1 heterocycles. The highest BCUT2D eigenvalue weighted by Gasteiger charge is 2.21. The lowest BCUT2D eigenvalue weighted by molar-refractivity contribution is -0.115. The lowest BCUT2D eigenvalue weighted by Crippen LogP contribution is -2.33. The standard InChI is InChI=1S/C25H25N3O2/c1-18(19-9-3-2-4-10-19)26-25(30)21-12-6-7-13-22(21)27-24(29)17-28-16-15-20-11-5-8-14-23(20)28/h2-14,18H,15-17H2,1H3,(H,26,30)(H,27,29)/t18-/m0/s1. The molecule has 2 amide bonds. The van der Waals surface area contributed by atoms with Crippen molar-refractivity contribution in [3.05, 3.63) is 95.6 Å². The van der Waals surface area contributed by atoms with Crippen molar-refractivity contribution < 1.29 is 9.59 Å². The molecule has 5 heteroatoms. The molecule has 0 unspecified atom stereocenters. The Morgan fingerprint density at radius 3 is 2.47 bits per heavy atom. The fourth-order valence-electron chi connectivity index (χ4n) is 3.82. The quantitative estimate of drug-likeness (QED) is 0.654. The molecule has 0 radical (unpaired) electrons. The van der Waals surface area contributed by atoms with Crippen molar-refractivity contribution in [2.45, 2.75) is 19.4 Å². The zero-order valence-electron chi connectivity index (χ0n) is 17.0. The highest BCUT2D eigenvalue weighted by Crippen LogP contribution is 2.27. The maximum Gasteiger partial charge on any atom is 0.253 e. The number of carbonyl (C=O) groups excluding carboxylic acids is 2. The molecule has 2 N–H and O–H groups in total. The third-order valence-electron chi connectivity index (χ3n) is 5.41. The number of carbonyl (C=O) groups is 2. The van der Waals surface area contributed by atoms with Gasteiger partial charge >= 0.3 is 0 Å². The molecular formula is C25H25N3O2. The van der Waals surface area contributed by atoms with Gasteiger partial charge in [-0.15, -0.1) is 0 Å². The number of nitrogens with zero attached hydrogens (tertiary/aromatic N) is 1. The topological polar surface area (TPSA) is 61.4 Å². The minimum atomic E-state index is -0.214. The van der Waals surface area contributed by atoms with E-state index in [0.29, 0.717) is 11.3 Å². The van der Waals surface area contributed by atoms with Crippen LogP contribution in [0.5, 0.6) is 0 Å². The van der Waals surface area contributed by atoms with Crippen LogP contribution in [0.15, 0.2) is 78.9 Å². The number of nitrogens with one attached hydrogen (secondary N) is 2. The van der Waals surface area contributed by atoms with E-state index >= 15 is 0 Å². The molecule has 0 spiro atoms. The van der Waals surface area contributed by atoms with Gasteiger partial charge in [-0.05, 0) is 42.7 Å². The predicted octanol–water partition coefficient (Wildman–Crippen LogP) is 4.18. The van der Waals surface area contributed by atoms with Crippen molar-refractivity contribution in [1.29, 1.82) is 0 Å². The Hall–Kier alpha value is -3.60. The predicted molar refractivity (Wildman–Crippen MR) is 120 cm³/mol. The van der Waals surface area contributed by atoms with Gasteiger partial charge in [0, 0.05) is 12.2 Å².